The molecule has 4 nitrogen and oxygen atoms in total. The molecule has 2 heterocycles. The lowest BCUT2D eigenvalue weighted by molar-refractivity contribution is -0.141. The summed E-state index contributed by atoms with van der Waals surface area (Å²) in [4.78, 5) is 17.0. The van der Waals surface area contributed by atoms with Gasteiger partial charge < -0.3 is 10.6 Å². The second-order valence-electron chi connectivity index (χ2n) is 5.18. The number of aromatic nitrogens is 1. The lowest BCUT2D eigenvalue weighted by atomic mass is 9.99. The van der Waals surface area contributed by atoms with Crippen molar-refractivity contribution in [1.82, 2.24) is 4.98 Å². The Morgan fingerprint density at radius 1 is 1.43 bits per heavy atom. The maximum Gasteiger partial charge on any atom is 0.433 e. The molecule has 1 fully saturated rings. The lowest BCUT2D eigenvalue weighted by Gasteiger charge is -2.37. The molecule has 0 bridgehead atoms. The number of pyridine rings is 1. The molecule has 1 aliphatic heterocycles. The smallest absolute Gasteiger partial charge is 0.365 e. The quantitative estimate of drug-likeness (QED) is 0.933. The van der Waals surface area contributed by atoms with Crippen LogP contribution in [-0.4, -0.2) is 23.5 Å². The van der Waals surface area contributed by atoms with Crippen molar-refractivity contribution < 1.29 is 18.0 Å². The van der Waals surface area contributed by atoms with Crippen LogP contribution in [0, 0.1) is 0 Å². The van der Waals surface area contributed by atoms with Crippen LogP contribution >= 0.6 is 0 Å². The first-order valence-corrected chi connectivity index (χ1v) is 6.99. The third-order valence-corrected chi connectivity index (χ3v) is 3.80. The summed E-state index contributed by atoms with van der Waals surface area (Å²) in [5.74, 6) is -0.699. The van der Waals surface area contributed by atoms with Gasteiger partial charge in [-0.05, 0) is 37.8 Å². The van der Waals surface area contributed by atoms with Crippen LogP contribution < -0.4 is 10.6 Å². The van der Waals surface area contributed by atoms with E-state index < -0.39 is 17.8 Å². The van der Waals surface area contributed by atoms with Gasteiger partial charge >= 0.3 is 6.18 Å². The molecule has 1 aliphatic rings. The predicted octanol–water partition coefficient (Wildman–Crippen LogP) is 2.97. The number of rotatable bonds is 3. The van der Waals surface area contributed by atoms with Crippen molar-refractivity contribution in [2.45, 2.75) is 44.8 Å². The van der Waals surface area contributed by atoms with E-state index in [-0.39, 0.29) is 17.4 Å². The molecule has 0 spiro atoms. The summed E-state index contributed by atoms with van der Waals surface area (Å²) in [6.45, 7) is 2.56. The van der Waals surface area contributed by atoms with E-state index >= 15 is 0 Å². The molecule has 1 aromatic heterocycles. The second kappa shape index (κ2) is 5.91. The molecule has 1 unspecified atom stereocenters. The maximum atomic E-state index is 12.8. The Balaban J connectivity index is 2.49. The summed E-state index contributed by atoms with van der Waals surface area (Å²) in [5, 5.41) is 0. The van der Waals surface area contributed by atoms with Gasteiger partial charge in [-0.2, -0.15) is 13.2 Å². The Hall–Kier alpha value is -1.79. The number of hydrogen-bond acceptors (Lipinski definition) is 3. The first-order chi connectivity index (χ1) is 9.84. The molecule has 7 heteroatoms. The Bertz CT molecular complexity index is 531. The highest BCUT2D eigenvalue weighted by Gasteiger charge is 2.35. The molecule has 1 aromatic rings. The average Bonchev–Trinajstić information content (AvgIpc) is 2.45. The largest absolute Gasteiger partial charge is 0.433 e. The molecule has 0 radical (unpaired) electrons. The summed E-state index contributed by atoms with van der Waals surface area (Å²) < 4.78 is 38.5. The monoisotopic (exact) mass is 301 g/mol. The molecule has 2 rings (SSSR count). The molecular weight excluding hydrogens is 283 g/mol. The van der Waals surface area contributed by atoms with Gasteiger partial charge in [0.25, 0.3) is 5.91 Å². The zero-order valence-electron chi connectivity index (χ0n) is 11.8. The zero-order valence-corrected chi connectivity index (χ0v) is 11.8. The van der Waals surface area contributed by atoms with Crippen molar-refractivity contribution in [3.05, 3.63) is 23.4 Å². The van der Waals surface area contributed by atoms with Gasteiger partial charge in [0.2, 0.25) is 0 Å². The first-order valence-electron chi connectivity index (χ1n) is 6.99. The Kier molecular flexibility index (Phi) is 4.39. The first kappa shape index (κ1) is 15.6. The fraction of sp³-hybridized carbons (Fsp3) is 0.571. The van der Waals surface area contributed by atoms with E-state index in [1.54, 1.807) is 4.90 Å². The SMILES string of the molecule is CCC1CCCCN1c1nc(C(F)(F)F)ccc1C(N)=O. The van der Waals surface area contributed by atoms with Gasteiger partial charge in [0, 0.05) is 12.6 Å². The van der Waals surface area contributed by atoms with E-state index in [4.69, 9.17) is 5.73 Å². The van der Waals surface area contributed by atoms with Gasteiger partial charge in [-0.1, -0.05) is 6.92 Å². The minimum atomic E-state index is -4.54. The molecule has 2 N–H and O–H groups in total. The number of nitrogens with zero attached hydrogens (tertiary/aromatic N) is 2. The van der Waals surface area contributed by atoms with Crippen LogP contribution in [-0.2, 0) is 6.18 Å². The lowest BCUT2D eigenvalue weighted by Crippen LogP contribution is -2.41. The number of nitrogens with two attached hydrogens (primary N) is 1. The predicted molar refractivity (Wildman–Crippen MR) is 73.0 cm³/mol. The van der Waals surface area contributed by atoms with Gasteiger partial charge in [0.1, 0.15) is 11.5 Å². The number of primary amides is 1. The van der Waals surface area contributed by atoms with Gasteiger partial charge in [-0.3, -0.25) is 4.79 Å². The van der Waals surface area contributed by atoms with Crippen LogP contribution in [0.25, 0.3) is 0 Å². The van der Waals surface area contributed by atoms with E-state index in [2.05, 4.69) is 4.98 Å². The molecule has 1 saturated heterocycles. The number of alkyl halides is 3. The highest BCUT2D eigenvalue weighted by atomic mass is 19.4. The standard InChI is InChI=1S/C14H18F3N3O/c1-2-9-5-3-4-8-20(9)13-10(12(18)21)6-7-11(19-13)14(15,16)17/h6-7,9H,2-5,8H2,1H3,(H2,18,21). The molecule has 0 saturated carbocycles. The maximum absolute atomic E-state index is 12.8. The molecule has 116 valence electrons. The minimum Gasteiger partial charge on any atom is -0.365 e. The number of piperidine rings is 1. The van der Waals surface area contributed by atoms with Crippen LogP contribution in [0.1, 0.15) is 48.7 Å². The van der Waals surface area contributed by atoms with E-state index in [1.807, 2.05) is 6.92 Å². The molecule has 0 aliphatic carbocycles. The fourth-order valence-electron chi connectivity index (χ4n) is 2.72. The molecule has 1 amide bonds. The number of hydrogen-bond donors (Lipinski definition) is 1. The number of carbonyl (C=O) groups is 1. The zero-order chi connectivity index (χ0) is 15.6. The molecule has 0 aromatic carbocycles. The van der Waals surface area contributed by atoms with Crippen LogP contribution in [0.2, 0.25) is 0 Å². The summed E-state index contributed by atoms with van der Waals surface area (Å²) in [5.41, 5.74) is 4.33. The van der Waals surface area contributed by atoms with E-state index in [0.29, 0.717) is 6.54 Å². The van der Waals surface area contributed by atoms with Gasteiger partial charge in [-0.25, -0.2) is 4.98 Å². The van der Waals surface area contributed by atoms with Crippen molar-refractivity contribution >= 4 is 11.7 Å². The van der Waals surface area contributed by atoms with Crippen molar-refractivity contribution in [2.75, 3.05) is 11.4 Å². The number of carbonyl (C=O) groups excluding carboxylic acids is 1. The number of anilines is 1. The van der Waals surface area contributed by atoms with Gasteiger partial charge in [-0.15, -0.1) is 0 Å². The van der Waals surface area contributed by atoms with Crippen LogP contribution in [0.15, 0.2) is 12.1 Å². The Morgan fingerprint density at radius 3 is 2.71 bits per heavy atom. The van der Waals surface area contributed by atoms with E-state index in [1.165, 1.54) is 0 Å². The topological polar surface area (TPSA) is 59.2 Å². The fourth-order valence-corrected chi connectivity index (χ4v) is 2.72. The highest BCUT2D eigenvalue weighted by molar-refractivity contribution is 5.97. The number of amides is 1. The average molecular weight is 301 g/mol. The molecular formula is C14H18F3N3O. The molecule has 1 atom stereocenters. The Morgan fingerprint density at radius 2 is 2.14 bits per heavy atom. The third-order valence-electron chi connectivity index (χ3n) is 3.80. The van der Waals surface area contributed by atoms with Gasteiger partial charge in [0.15, 0.2) is 0 Å². The van der Waals surface area contributed by atoms with E-state index in [9.17, 15) is 18.0 Å². The third kappa shape index (κ3) is 3.28. The van der Waals surface area contributed by atoms with Gasteiger partial charge in [0.05, 0.1) is 5.56 Å². The highest BCUT2D eigenvalue weighted by Crippen LogP contribution is 2.33. The van der Waals surface area contributed by atoms with Crippen molar-refractivity contribution in [3.8, 4) is 0 Å². The van der Waals surface area contributed by atoms with E-state index in [0.717, 1.165) is 37.8 Å². The van der Waals surface area contributed by atoms with Crippen molar-refractivity contribution in [1.29, 1.82) is 0 Å². The summed E-state index contributed by atoms with van der Waals surface area (Å²) >= 11 is 0. The normalized spacial score (nSPS) is 19.6. The minimum absolute atomic E-state index is 0.0448. The summed E-state index contributed by atoms with van der Waals surface area (Å²) in [7, 11) is 0. The number of halogens is 3. The molecule has 21 heavy (non-hydrogen) atoms. The van der Waals surface area contributed by atoms with Crippen LogP contribution in [0.4, 0.5) is 19.0 Å². The van der Waals surface area contributed by atoms with Crippen LogP contribution in [0.3, 0.4) is 0 Å². The van der Waals surface area contributed by atoms with Crippen molar-refractivity contribution in [2.24, 2.45) is 5.73 Å². The second-order valence-corrected chi connectivity index (χ2v) is 5.18. The Labute approximate surface area is 121 Å². The summed E-state index contributed by atoms with van der Waals surface area (Å²) in [6.07, 6.45) is -0.975. The van der Waals surface area contributed by atoms with Crippen LogP contribution in [0.5, 0.6) is 0 Å². The van der Waals surface area contributed by atoms with Crippen molar-refractivity contribution in [3.63, 3.8) is 0 Å². The summed E-state index contributed by atoms with van der Waals surface area (Å²) in [6, 6.07) is 2.01.